The van der Waals surface area contributed by atoms with Gasteiger partial charge in [0.2, 0.25) is 0 Å². The summed E-state index contributed by atoms with van der Waals surface area (Å²) in [7, 11) is 0. The molecule has 0 aromatic heterocycles. The van der Waals surface area contributed by atoms with E-state index in [0.717, 1.165) is 25.7 Å². The summed E-state index contributed by atoms with van der Waals surface area (Å²) in [6.07, 6.45) is 11.3. The number of ketones is 1. The lowest BCUT2D eigenvalue weighted by Crippen LogP contribution is -2.37. The fourth-order valence-electron chi connectivity index (χ4n) is 2.55. The van der Waals surface area contributed by atoms with Crippen molar-refractivity contribution in [3.63, 3.8) is 0 Å². The molecule has 0 fully saturated rings. The molecule has 0 saturated heterocycles. The first-order valence-corrected chi connectivity index (χ1v) is 7.90. The molecule has 0 heterocycles. The smallest absolute Gasteiger partial charge is 0.140 e. The lowest BCUT2D eigenvalue weighted by atomic mass is 9.76. The van der Waals surface area contributed by atoms with Crippen LogP contribution in [0.2, 0.25) is 0 Å². The van der Waals surface area contributed by atoms with E-state index < -0.39 is 0 Å². The zero-order valence-electron chi connectivity index (χ0n) is 12.8. The van der Waals surface area contributed by atoms with E-state index in [0.29, 0.717) is 12.3 Å². The summed E-state index contributed by atoms with van der Waals surface area (Å²) in [6.45, 7) is 6.91. The molecule has 2 nitrogen and oxygen atoms in total. The van der Waals surface area contributed by atoms with Gasteiger partial charge in [0.05, 0.1) is 0 Å². The molecule has 0 atom stereocenters. The minimum atomic E-state index is -0.234. The van der Waals surface area contributed by atoms with Crippen molar-refractivity contribution in [2.45, 2.75) is 85.0 Å². The van der Waals surface area contributed by atoms with Crippen LogP contribution in [0.5, 0.6) is 0 Å². The van der Waals surface area contributed by atoms with Crippen LogP contribution >= 0.6 is 0 Å². The largest absolute Gasteiger partial charge is 0.329 e. The van der Waals surface area contributed by atoms with E-state index in [4.69, 9.17) is 5.73 Å². The average Bonchev–Trinajstić information content (AvgIpc) is 2.40. The lowest BCUT2D eigenvalue weighted by Gasteiger charge is -2.28. The van der Waals surface area contributed by atoms with Gasteiger partial charge in [-0.25, -0.2) is 0 Å². The highest BCUT2D eigenvalue weighted by molar-refractivity contribution is 5.84. The average molecular weight is 255 g/mol. The van der Waals surface area contributed by atoms with Crippen molar-refractivity contribution in [3.8, 4) is 0 Å². The third kappa shape index (κ3) is 5.99. The highest BCUT2D eigenvalue weighted by Gasteiger charge is 2.31. The molecule has 0 amide bonds. The van der Waals surface area contributed by atoms with Gasteiger partial charge in [-0.05, 0) is 19.3 Å². The number of rotatable bonds is 12. The summed E-state index contributed by atoms with van der Waals surface area (Å²) >= 11 is 0. The molecular weight excluding hydrogens is 222 g/mol. The van der Waals surface area contributed by atoms with Crippen molar-refractivity contribution in [1.82, 2.24) is 0 Å². The van der Waals surface area contributed by atoms with Crippen molar-refractivity contribution in [1.29, 1.82) is 0 Å². The van der Waals surface area contributed by atoms with Gasteiger partial charge in [-0.1, -0.05) is 59.3 Å². The Bertz CT molecular complexity index is 201. The van der Waals surface area contributed by atoms with Crippen LogP contribution in [0.25, 0.3) is 0 Å². The molecule has 0 spiro atoms. The second-order valence-electron chi connectivity index (χ2n) is 5.49. The number of hydrogen-bond acceptors (Lipinski definition) is 2. The standard InChI is InChI=1S/C16H33NO/c1-4-7-8-9-10-11-12-13-15(18)16(5-2,6-3)14-17/h4-14,17H2,1-3H3. The van der Waals surface area contributed by atoms with Crippen molar-refractivity contribution in [2.24, 2.45) is 11.1 Å². The van der Waals surface area contributed by atoms with E-state index in [1.807, 2.05) is 0 Å². The maximum Gasteiger partial charge on any atom is 0.140 e. The van der Waals surface area contributed by atoms with Crippen LogP contribution in [-0.2, 0) is 4.79 Å². The number of hydrogen-bond donors (Lipinski definition) is 1. The Balaban J connectivity index is 3.75. The van der Waals surface area contributed by atoms with Gasteiger partial charge in [0.25, 0.3) is 0 Å². The Labute approximate surface area is 114 Å². The minimum Gasteiger partial charge on any atom is -0.329 e. The molecule has 0 radical (unpaired) electrons. The molecule has 0 bridgehead atoms. The zero-order valence-corrected chi connectivity index (χ0v) is 12.8. The summed E-state index contributed by atoms with van der Waals surface area (Å²) in [5.41, 5.74) is 5.56. The van der Waals surface area contributed by atoms with Crippen molar-refractivity contribution in [3.05, 3.63) is 0 Å². The highest BCUT2D eigenvalue weighted by Crippen LogP contribution is 2.28. The van der Waals surface area contributed by atoms with Crippen LogP contribution in [0, 0.1) is 5.41 Å². The number of carbonyl (C=O) groups is 1. The number of Topliss-reactive ketones (excluding diaryl/α,β-unsaturated/α-hetero) is 1. The summed E-state index contributed by atoms with van der Waals surface area (Å²) < 4.78 is 0. The third-order valence-electron chi connectivity index (χ3n) is 4.34. The Morgan fingerprint density at radius 2 is 1.39 bits per heavy atom. The maximum absolute atomic E-state index is 12.2. The molecule has 0 aliphatic heterocycles. The molecule has 108 valence electrons. The van der Waals surface area contributed by atoms with E-state index in [-0.39, 0.29) is 5.41 Å². The monoisotopic (exact) mass is 255 g/mol. The van der Waals surface area contributed by atoms with Crippen LogP contribution in [-0.4, -0.2) is 12.3 Å². The summed E-state index contributed by atoms with van der Waals surface area (Å²) in [5.74, 6) is 0.392. The SMILES string of the molecule is CCCCCCCCCC(=O)C(CC)(CC)CN. The van der Waals surface area contributed by atoms with E-state index in [9.17, 15) is 4.79 Å². The van der Waals surface area contributed by atoms with Gasteiger partial charge in [0.15, 0.2) is 0 Å². The van der Waals surface area contributed by atoms with Gasteiger partial charge < -0.3 is 5.73 Å². The highest BCUT2D eigenvalue weighted by atomic mass is 16.1. The zero-order chi connectivity index (χ0) is 13.9. The second kappa shape index (κ2) is 10.5. The normalized spacial score (nSPS) is 11.8. The fraction of sp³-hybridized carbons (Fsp3) is 0.938. The molecule has 0 aliphatic carbocycles. The molecule has 0 aromatic rings. The van der Waals surface area contributed by atoms with Gasteiger partial charge in [-0.15, -0.1) is 0 Å². The first kappa shape index (κ1) is 17.6. The predicted molar refractivity (Wildman–Crippen MR) is 79.7 cm³/mol. The maximum atomic E-state index is 12.2. The number of unbranched alkanes of at least 4 members (excludes halogenated alkanes) is 6. The number of carbonyl (C=O) groups excluding carboxylic acids is 1. The van der Waals surface area contributed by atoms with E-state index in [1.54, 1.807) is 0 Å². The summed E-state index contributed by atoms with van der Waals surface area (Å²) in [6, 6.07) is 0. The van der Waals surface area contributed by atoms with Gasteiger partial charge >= 0.3 is 0 Å². The second-order valence-corrected chi connectivity index (χ2v) is 5.49. The Hall–Kier alpha value is -0.370. The van der Waals surface area contributed by atoms with Gasteiger partial charge in [-0.3, -0.25) is 4.79 Å². The lowest BCUT2D eigenvalue weighted by molar-refractivity contribution is -0.128. The Morgan fingerprint density at radius 3 is 1.83 bits per heavy atom. The molecule has 0 rings (SSSR count). The third-order valence-corrected chi connectivity index (χ3v) is 4.34. The summed E-state index contributed by atoms with van der Waals surface area (Å²) in [4.78, 5) is 12.2. The van der Waals surface area contributed by atoms with Crippen LogP contribution in [0.15, 0.2) is 0 Å². The van der Waals surface area contributed by atoms with Crippen LogP contribution < -0.4 is 5.73 Å². The summed E-state index contributed by atoms with van der Waals surface area (Å²) in [5, 5.41) is 0. The molecule has 0 unspecified atom stereocenters. The molecule has 2 N–H and O–H groups in total. The minimum absolute atomic E-state index is 0.234. The van der Waals surface area contributed by atoms with Crippen LogP contribution in [0.4, 0.5) is 0 Å². The van der Waals surface area contributed by atoms with Crippen molar-refractivity contribution >= 4 is 5.78 Å². The van der Waals surface area contributed by atoms with E-state index in [2.05, 4.69) is 20.8 Å². The topological polar surface area (TPSA) is 43.1 Å². The fourth-order valence-corrected chi connectivity index (χ4v) is 2.55. The molecule has 18 heavy (non-hydrogen) atoms. The van der Waals surface area contributed by atoms with E-state index >= 15 is 0 Å². The molecule has 0 aliphatic rings. The van der Waals surface area contributed by atoms with Gasteiger partial charge in [0, 0.05) is 18.4 Å². The molecule has 0 saturated carbocycles. The Morgan fingerprint density at radius 1 is 0.889 bits per heavy atom. The van der Waals surface area contributed by atoms with E-state index in [1.165, 1.54) is 38.5 Å². The predicted octanol–water partition coefficient (Wildman–Crippen LogP) is 4.46. The van der Waals surface area contributed by atoms with Crippen LogP contribution in [0.1, 0.15) is 85.0 Å². The number of nitrogens with two attached hydrogens (primary N) is 1. The van der Waals surface area contributed by atoms with Crippen LogP contribution in [0.3, 0.4) is 0 Å². The molecule has 0 aromatic carbocycles. The van der Waals surface area contributed by atoms with Crippen molar-refractivity contribution < 1.29 is 4.79 Å². The quantitative estimate of drug-likeness (QED) is 0.523. The Kier molecular flexibility index (Phi) is 10.3. The molecule has 2 heteroatoms. The molecular formula is C16H33NO. The van der Waals surface area contributed by atoms with Gasteiger partial charge in [-0.2, -0.15) is 0 Å². The van der Waals surface area contributed by atoms with Gasteiger partial charge in [0.1, 0.15) is 5.78 Å². The van der Waals surface area contributed by atoms with Crippen molar-refractivity contribution in [2.75, 3.05) is 6.54 Å². The first-order valence-electron chi connectivity index (χ1n) is 7.90. The first-order chi connectivity index (χ1) is 8.66.